The smallest absolute Gasteiger partial charge is 0.368 e. The van der Waals surface area contributed by atoms with Crippen molar-refractivity contribution < 1.29 is 18.0 Å². The van der Waals surface area contributed by atoms with Crippen LogP contribution in [0.2, 0.25) is 0 Å². The quantitative estimate of drug-likeness (QED) is 0.718. The van der Waals surface area contributed by atoms with E-state index in [0.29, 0.717) is 19.5 Å². The summed E-state index contributed by atoms with van der Waals surface area (Å²) in [4.78, 5) is 12.2. The van der Waals surface area contributed by atoms with Gasteiger partial charge in [-0.05, 0) is 19.9 Å². The Morgan fingerprint density at radius 1 is 1.31 bits per heavy atom. The molecule has 0 radical (unpaired) electrons. The molecule has 0 aromatic heterocycles. The largest absolute Gasteiger partial charge is 0.415 e. The number of nitrogens with one attached hydrogen (secondary N) is 1. The molecule has 1 atom stereocenters. The molecule has 0 spiro atoms. The van der Waals surface area contributed by atoms with Crippen molar-refractivity contribution in [2.24, 2.45) is 5.73 Å². The maximum atomic E-state index is 12.9. The van der Waals surface area contributed by atoms with Gasteiger partial charge in [-0.25, -0.2) is 0 Å². The second-order valence-electron chi connectivity index (χ2n) is 4.02. The molecule has 0 saturated carbocycles. The lowest BCUT2D eigenvalue weighted by atomic mass is 9.97. The van der Waals surface area contributed by atoms with E-state index < -0.39 is 17.6 Å². The molecule has 94 valence electrons. The highest BCUT2D eigenvalue weighted by molar-refractivity contribution is 5.85. The van der Waals surface area contributed by atoms with E-state index in [2.05, 4.69) is 5.32 Å². The minimum absolute atomic E-state index is 0.166. The molecule has 1 saturated heterocycles. The van der Waals surface area contributed by atoms with Crippen molar-refractivity contribution in [2.75, 3.05) is 26.2 Å². The first kappa shape index (κ1) is 13.2. The van der Waals surface area contributed by atoms with Crippen LogP contribution >= 0.6 is 0 Å². The first-order valence-electron chi connectivity index (χ1n) is 5.12. The molecule has 1 fully saturated rings. The van der Waals surface area contributed by atoms with Crippen LogP contribution in [-0.4, -0.2) is 48.7 Å². The molecule has 0 aromatic carbocycles. The molecule has 1 heterocycles. The molecule has 1 unspecified atom stereocenters. The van der Waals surface area contributed by atoms with Crippen LogP contribution in [0.1, 0.15) is 13.3 Å². The predicted molar refractivity (Wildman–Crippen MR) is 52.7 cm³/mol. The lowest BCUT2D eigenvalue weighted by Gasteiger charge is -2.39. The third-order valence-corrected chi connectivity index (χ3v) is 3.00. The number of rotatable bonds is 2. The third kappa shape index (κ3) is 2.30. The summed E-state index contributed by atoms with van der Waals surface area (Å²) < 4.78 is 38.7. The highest BCUT2D eigenvalue weighted by atomic mass is 19.4. The Hall–Kier alpha value is -0.820. The highest BCUT2D eigenvalue weighted by Gasteiger charge is 2.59. The lowest BCUT2D eigenvalue weighted by Crippen LogP contribution is -2.64. The summed E-state index contributed by atoms with van der Waals surface area (Å²) in [5.41, 5.74) is 2.35. The molecule has 0 aromatic rings. The molecule has 1 rings (SSSR count). The van der Waals surface area contributed by atoms with Gasteiger partial charge in [0, 0.05) is 19.6 Å². The Labute approximate surface area is 92.0 Å². The van der Waals surface area contributed by atoms with Crippen molar-refractivity contribution in [3.05, 3.63) is 0 Å². The summed E-state index contributed by atoms with van der Waals surface area (Å²) in [6.45, 7) is 2.31. The summed E-state index contributed by atoms with van der Waals surface area (Å²) in [6, 6.07) is 0. The maximum absolute atomic E-state index is 12.9. The van der Waals surface area contributed by atoms with Gasteiger partial charge >= 0.3 is 6.18 Å². The monoisotopic (exact) mass is 239 g/mol. The van der Waals surface area contributed by atoms with Crippen molar-refractivity contribution in [1.29, 1.82) is 0 Å². The third-order valence-electron chi connectivity index (χ3n) is 3.00. The van der Waals surface area contributed by atoms with Crippen LogP contribution in [0.3, 0.4) is 0 Å². The van der Waals surface area contributed by atoms with Crippen molar-refractivity contribution in [1.82, 2.24) is 10.2 Å². The number of hydrogen-bond donors (Lipinski definition) is 2. The van der Waals surface area contributed by atoms with E-state index in [4.69, 9.17) is 5.73 Å². The Balaban J connectivity index is 2.96. The molecule has 7 heteroatoms. The number of halogens is 3. The molecular formula is C9H16F3N3O. The Bertz CT molecular complexity index is 261. The van der Waals surface area contributed by atoms with Gasteiger partial charge in [0.05, 0.1) is 0 Å². The van der Waals surface area contributed by atoms with E-state index in [1.165, 1.54) is 0 Å². The lowest BCUT2D eigenvalue weighted by molar-refractivity contribution is -0.221. The summed E-state index contributed by atoms with van der Waals surface area (Å²) in [5.74, 6) is -1.35. The zero-order valence-corrected chi connectivity index (χ0v) is 9.10. The average molecular weight is 239 g/mol. The highest BCUT2D eigenvalue weighted by Crippen LogP contribution is 2.35. The van der Waals surface area contributed by atoms with Crippen LogP contribution in [0, 0.1) is 0 Å². The summed E-state index contributed by atoms with van der Waals surface area (Å²) in [5, 5.41) is 2.98. The fourth-order valence-electron chi connectivity index (χ4n) is 1.77. The second-order valence-corrected chi connectivity index (χ2v) is 4.02. The molecule has 1 aliphatic heterocycles. The number of alkyl halides is 3. The fourth-order valence-corrected chi connectivity index (χ4v) is 1.77. The van der Waals surface area contributed by atoms with Gasteiger partial charge in [-0.15, -0.1) is 0 Å². The van der Waals surface area contributed by atoms with Crippen LogP contribution in [-0.2, 0) is 4.79 Å². The van der Waals surface area contributed by atoms with Gasteiger partial charge < -0.3 is 11.1 Å². The molecule has 1 aliphatic rings. The second kappa shape index (κ2) is 4.58. The number of primary amides is 1. The van der Waals surface area contributed by atoms with E-state index in [1.807, 2.05) is 0 Å². The minimum Gasteiger partial charge on any atom is -0.368 e. The van der Waals surface area contributed by atoms with E-state index in [-0.39, 0.29) is 13.1 Å². The van der Waals surface area contributed by atoms with Gasteiger partial charge in [-0.2, -0.15) is 13.2 Å². The Morgan fingerprint density at radius 2 is 1.94 bits per heavy atom. The number of nitrogens with zero attached hydrogens (tertiary/aromatic N) is 1. The number of carbonyl (C=O) groups excluding carboxylic acids is 1. The topological polar surface area (TPSA) is 58.4 Å². The molecule has 0 bridgehead atoms. The summed E-state index contributed by atoms with van der Waals surface area (Å²) in [7, 11) is 0. The fraction of sp³-hybridized carbons (Fsp3) is 0.889. The molecule has 0 aliphatic carbocycles. The van der Waals surface area contributed by atoms with Crippen molar-refractivity contribution in [3.8, 4) is 0 Å². The van der Waals surface area contributed by atoms with Gasteiger partial charge in [0.15, 0.2) is 5.54 Å². The molecular weight excluding hydrogens is 223 g/mol. The van der Waals surface area contributed by atoms with E-state index in [9.17, 15) is 18.0 Å². The molecule has 4 nitrogen and oxygen atoms in total. The van der Waals surface area contributed by atoms with Crippen LogP contribution in [0.4, 0.5) is 13.2 Å². The van der Waals surface area contributed by atoms with Crippen LogP contribution in [0.25, 0.3) is 0 Å². The van der Waals surface area contributed by atoms with Gasteiger partial charge in [-0.3, -0.25) is 9.69 Å². The summed E-state index contributed by atoms with van der Waals surface area (Å²) >= 11 is 0. The van der Waals surface area contributed by atoms with Crippen LogP contribution in [0.5, 0.6) is 0 Å². The predicted octanol–water partition coefficient (Wildman–Crippen LogP) is 0.0880. The van der Waals surface area contributed by atoms with E-state index in [0.717, 1.165) is 11.8 Å². The Morgan fingerprint density at radius 3 is 2.44 bits per heavy atom. The van der Waals surface area contributed by atoms with Crippen molar-refractivity contribution >= 4 is 5.91 Å². The number of nitrogens with two attached hydrogens (primary N) is 1. The first-order chi connectivity index (χ1) is 7.30. The van der Waals surface area contributed by atoms with Crippen LogP contribution in [0.15, 0.2) is 0 Å². The molecule has 1 amide bonds. The van der Waals surface area contributed by atoms with Crippen molar-refractivity contribution in [2.45, 2.75) is 25.1 Å². The standard InChI is InChI=1S/C9H16F3N3O/c1-8(7(13)16,9(10,11)12)15-5-2-3-14-4-6-15/h14H,2-6H2,1H3,(H2,13,16). The SMILES string of the molecule is CC(C(N)=O)(N1CCCNCC1)C(F)(F)F. The maximum Gasteiger partial charge on any atom is 0.415 e. The first-order valence-corrected chi connectivity index (χ1v) is 5.12. The van der Waals surface area contributed by atoms with E-state index >= 15 is 0 Å². The van der Waals surface area contributed by atoms with Gasteiger partial charge in [0.1, 0.15) is 0 Å². The summed E-state index contributed by atoms with van der Waals surface area (Å²) in [6.07, 6.45) is -4.08. The average Bonchev–Trinajstić information content (AvgIpc) is 2.42. The van der Waals surface area contributed by atoms with Gasteiger partial charge in [0.25, 0.3) is 0 Å². The minimum atomic E-state index is -4.65. The zero-order valence-electron chi connectivity index (χ0n) is 9.10. The zero-order chi connectivity index (χ0) is 12.4. The number of hydrogen-bond acceptors (Lipinski definition) is 3. The molecule has 16 heavy (non-hydrogen) atoms. The van der Waals surface area contributed by atoms with Gasteiger partial charge in [-0.1, -0.05) is 0 Å². The number of amides is 1. The van der Waals surface area contributed by atoms with E-state index in [1.54, 1.807) is 0 Å². The van der Waals surface area contributed by atoms with Gasteiger partial charge in [0.2, 0.25) is 5.91 Å². The normalized spacial score (nSPS) is 23.5. The van der Waals surface area contributed by atoms with Crippen LogP contribution < -0.4 is 11.1 Å². The number of carbonyl (C=O) groups is 1. The Kier molecular flexibility index (Phi) is 3.80. The molecule has 3 N–H and O–H groups in total. The van der Waals surface area contributed by atoms with Crippen molar-refractivity contribution in [3.63, 3.8) is 0 Å².